The molecule has 2 heterocycles. The first kappa shape index (κ1) is 10.2. The van der Waals surface area contributed by atoms with E-state index in [2.05, 4.69) is 0 Å². The van der Waals surface area contributed by atoms with Gasteiger partial charge in [-0.1, -0.05) is 0 Å². The Morgan fingerprint density at radius 2 is 2.27 bits per heavy atom. The van der Waals surface area contributed by atoms with Crippen LogP contribution in [0.1, 0.15) is 10.4 Å². The highest BCUT2D eigenvalue weighted by Gasteiger charge is 2.13. The lowest BCUT2D eigenvalue weighted by Gasteiger charge is -2.25. The molecule has 1 saturated heterocycles. The number of furan rings is 1. The van der Waals surface area contributed by atoms with E-state index >= 15 is 0 Å². The van der Waals surface area contributed by atoms with Gasteiger partial charge in [0.1, 0.15) is 13.0 Å². The molecule has 0 amide bonds. The van der Waals surface area contributed by atoms with E-state index in [1.54, 1.807) is 6.07 Å². The largest absolute Gasteiger partial charge is 0.472 e. The van der Waals surface area contributed by atoms with E-state index in [9.17, 15) is 4.79 Å². The number of ether oxygens (including phenoxy) is 2. The van der Waals surface area contributed by atoms with E-state index in [1.807, 2.05) is 4.90 Å². The molecule has 82 valence electrons. The number of esters is 1. The quantitative estimate of drug-likeness (QED) is 0.690. The first-order valence-corrected chi connectivity index (χ1v) is 4.86. The number of carbonyl (C=O) groups excluding carboxylic acids is 1. The van der Waals surface area contributed by atoms with E-state index in [4.69, 9.17) is 13.9 Å². The molecular formula is C10H13NO4. The van der Waals surface area contributed by atoms with Gasteiger partial charge in [-0.05, 0) is 6.07 Å². The van der Waals surface area contributed by atoms with Gasteiger partial charge in [0.15, 0.2) is 0 Å². The molecule has 1 aromatic heterocycles. The summed E-state index contributed by atoms with van der Waals surface area (Å²) in [7, 11) is 0. The number of hydrogen-bond donors (Lipinski definition) is 0. The van der Waals surface area contributed by atoms with Crippen LogP contribution in [0.4, 0.5) is 0 Å². The van der Waals surface area contributed by atoms with E-state index < -0.39 is 0 Å². The van der Waals surface area contributed by atoms with Gasteiger partial charge in [-0.15, -0.1) is 0 Å². The van der Waals surface area contributed by atoms with Crippen LogP contribution in [0, 0.1) is 0 Å². The van der Waals surface area contributed by atoms with Gasteiger partial charge in [0, 0.05) is 13.1 Å². The number of morpholine rings is 1. The molecule has 1 aliphatic heterocycles. The number of nitrogens with zero attached hydrogens (tertiary/aromatic N) is 1. The third kappa shape index (κ3) is 2.81. The highest BCUT2D eigenvalue weighted by Crippen LogP contribution is 2.03. The fourth-order valence-corrected chi connectivity index (χ4v) is 1.34. The lowest BCUT2D eigenvalue weighted by atomic mass is 10.3. The standard InChI is InChI=1S/C10H13NO4/c12-10(9-1-4-14-7-9)15-8-11-2-5-13-6-3-11/h1,4,7H,2-3,5-6,8H2. The van der Waals surface area contributed by atoms with Crippen molar-refractivity contribution in [1.82, 2.24) is 4.90 Å². The zero-order chi connectivity index (χ0) is 10.5. The predicted molar refractivity (Wildman–Crippen MR) is 51.4 cm³/mol. The summed E-state index contributed by atoms with van der Waals surface area (Å²) in [6.45, 7) is 3.32. The Bertz CT molecular complexity index is 303. The maximum absolute atomic E-state index is 11.4. The molecule has 0 aliphatic carbocycles. The topological polar surface area (TPSA) is 51.9 Å². The predicted octanol–water partition coefficient (Wildman–Crippen LogP) is 0.726. The van der Waals surface area contributed by atoms with Gasteiger partial charge < -0.3 is 13.9 Å². The van der Waals surface area contributed by atoms with E-state index in [1.165, 1.54) is 12.5 Å². The smallest absolute Gasteiger partial charge is 0.342 e. The van der Waals surface area contributed by atoms with E-state index in [0.717, 1.165) is 13.1 Å². The second-order valence-corrected chi connectivity index (χ2v) is 3.30. The van der Waals surface area contributed by atoms with Gasteiger partial charge >= 0.3 is 5.97 Å². The third-order valence-corrected chi connectivity index (χ3v) is 2.24. The first-order chi connectivity index (χ1) is 7.36. The van der Waals surface area contributed by atoms with Gasteiger partial charge in [-0.3, -0.25) is 4.90 Å². The Kier molecular flexibility index (Phi) is 3.37. The maximum Gasteiger partial charge on any atom is 0.342 e. The Balaban J connectivity index is 1.75. The second-order valence-electron chi connectivity index (χ2n) is 3.30. The van der Waals surface area contributed by atoms with Crippen molar-refractivity contribution >= 4 is 5.97 Å². The molecule has 0 saturated carbocycles. The molecule has 1 aliphatic rings. The minimum atomic E-state index is -0.352. The normalized spacial score (nSPS) is 17.6. The lowest BCUT2D eigenvalue weighted by Crippen LogP contribution is -2.38. The van der Waals surface area contributed by atoms with Crippen LogP contribution in [-0.2, 0) is 9.47 Å². The summed E-state index contributed by atoms with van der Waals surface area (Å²) in [4.78, 5) is 13.4. The van der Waals surface area contributed by atoms with Gasteiger partial charge in [-0.2, -0.15) is 0 Å². The molecule has 0 unspecified atom stereocenters. The fraction of sp³-hybridized carbons (Fsp3) is 0.500. The van der Waals surface area contributed by atoms with E-state index in [0.29, 0.717) is 25.5 Å². The Labute approximate surface area is 87.6 Å². The number of hydrogen-bond acceptors (Lipinski definition) is 5. The van der Waals surface area contributed by atoms with Crippen molar-refractivity contribution < 1.29 is 18.7 Å². The van der Waals surface area contributed by atoms with Gasteiger partial charge in [0.25, 0.3) is 0 Å². The average Bonchev–Trinajstić information content (AvgIpc) is 2.81. The van der Waals surface area contributed by atoms with Crippen LogP contribution in [0.2, 0.25) is 0 Å². The molecule has 0 N–H and O–H groups in total. The Hall–Kier alpha value is -1.33. The van der Waals surface area contributed by atoms with Crippen molar-refractivity contribution in [1.29, 1.82) is 0 Å². The van der Waals surface area contributed by atoms with Crippen molar-refractivity contribution in [3.05, 3.63) is 24.2 Å². The SMILES string of the molecule is O=C(OCN1CCOCC1)c1ccoc1. The molecule has 0 bridgehead atoms. The van der Waals surface area contributed by atoms with Crippen LogP contribution in [0.3, 0.4) is 0 Å². The Morgan fingerprint density at radius 1 is 1.47 bits per heavy atom. The van der Waals surface area contributed by atoms with Gasteiger partial charge in [-0.25, -0.2) is 4.79 Å². The molecule has 0 aromatic carbocycles. The second kappa shape index (κ2) is 4.95. The molecular weight excluding hydrogens is 198 g/mol. The minimum absolute atomic E-state index is 0.313. The van der Waals surface area contributed by atoms with Gasteiger partial charge in [0.05, 0.1) is 25.0 Å². The van der Waals surface area contributed by atoms with Crippen molar-refractivity contribution in [3.63, 3.8) is 0 Å². The summed E-state index contributed by atoms with van der Waals surface area (Å²) in [6.07, 6.45) is 2.83. The third-order valence-electron chi connectivity index (χ3n) is 2.24. The number of rotatable bonds is 3. The Morgan fingerprint density at radius 3 is 2.93 bits per heavy atom. The maximum atomic E-state index is 11.4. The van der Waals surface area contributed by atoms with Crippen LogP contribution >= 0.6 is 0 Å². The molecule has 2 rings (SSSR count). The molecule has 1 aromatic rings. The summed E-state index contributed by atoms with van der Waals surface area (Å²) in [5.74, 6) is -0.352. The van der Waals surface area contributed by atoms with Crippen LogP contribution < -0.4 is 0 Å². The monoisotopic (exact) mass is 211 g/mol. The van der Waals surface area contributed by atoms with Crippen LogP contribution in [0.25, 0.3) is 0 Å². The summed E-state index contributed by atoms with van der Waals surface area (Å²) in [6, 6.07) is 1.58. The van der Waals surface area contributed by atoms with Crippen molar-refractivity contribution in [2.75, 3.05) is 33.0 Å². The fourth-order valence-electron chi connectivity index (χ4n) is 1.34. The van der Waals surface area contributed by atoms with Crippen molar-refractivity contribution in [2.24, 2.45) is 0 Å². The van der Waals surface area contributed by atoms with Crippen LogP contribution in [0.5, 0.6) is 0 Å². The molecule has 5 nitrogen and oxygen atoms in total. The molecule has 0 radical (unpaired) electrons. The van der Waals surface area contributed by atoms with Crippen LogP contribution in [0.15, 0.2) is 23.0 Å². The molecule has 5 heteroatoms. The lowest BCUT2D eigenvalue weighted by molar-refractivity contribution is -0.0209. The minimum Gasteiger partial charge on any atom is -0.472 e. The molecule has 1 fully saturated rings. The summed E-state index contributed by atoms with van der Waals surface area (Å²) >= 11 is 0. The van der Waals surface area contributed by atoms with Crippen LogP contribution in [-0.4, -0.2) is 43.9 Å². The van der Waals surface area contributed by atoms with Crippen molar-refractivity contribution in [3.8, 4) is 0 Å². The molecule has 0 spiro atoms. The summed E-state index contributed by atoms with van der Waals surface area (Å²) < 4.78 is 15.1. The zero-order valence-electron chi connectivity index (χ0n) is 8.35. The summed E-state index contributed by atoms with van der Waals surface area (Å²) in [5.41, 5.74) is 0.447. The zero-order valence-corrected chi connectivity index (χ0v) is 8.35. The summed E-state index contributed by atoms with van der Waals surface area (Å²) in [5, 5.41) is 0. The molecule has 0 atom stereocenters. The first-order valence-electron chi connectivity index (χ1n) is 4.86. The highest BCUT2D eigenvalue weighted by atomic mass is 16.5. The number of carbonyl (C=O) groups is 1. The highest BCUT2D eigenvalue weighted by molar-refractivity contribution is 5.88. The van der Waals surface area contributed by atoms with E-state index in [-0.39, 0.29) is 5.97 Å². The average molecular weight is 211 g/mol. The molecule has 15 heavy (non-hydrogen) atoms. The van der Waals surface area contributed by atoms with Gasteiger partial charge in [0.2, 0.25) is 0 Å². The van der Waals surface area contributed by atoms with Crippen molar-refractivity contribution in [2.45, 2.75) is 0 Å².